The molecule has 0 radical (unpaired) electrons. The van der Waals surface area contributed by atoms with Crippen LogP contribution in [0, 0.1) is 0 Å². The van der Waals surface area contributed by atoms with Crippen molar-refractivity contribution in [3.63, 3.8) is 0 Å². The molecule has 1 unspecified atom stereocenters. The second-order valence-corrected chi connectivity index (χ2v) is 5.44. The van der Waals surface area contributed by atoms with Crippen molar-refractivity contribution in [1.82, 2.24) is 0 Å². The van der Waals surface area contributed by atoms with E-state index in [1.165, 1.54) is 0 Å². The zero-order chi connectivity index (χ0) is 16.5. The van der Waals surface area contributed by atoms with E-state index in [1.807, 2.05) is 18.2 Å². The van der Waals surface area contributed by atoms with E-state index >= 15 is 0 Å². The van der Waals surface area contributed by atoms with Gasteiger partial charge in [0.2, 0.25) is 0 Å². The fourth-order valence-electron chi connectivity index (χ4n) is 2.43. The number of allylic oxidation sites excluding steroid dienone is 1. The van der Waals surface area contributed by atoms with E-state index in [2.05, 4.69) is 6.58 Å². The van der Waals surface area contributed by atoms with E-state index < -0.39 is 5.97 Å². The highest BCUT2D eigenvalue weighted by molar-refractivity contribution is 5.71. The van der Waals surface area contributed by atoms with Crippen molar-refractivity contribution in [3.05, 3.63) is 36.4 Å². The predicted molar refractivity (Wildman–Crippen MR) is 86.9 cm³/mol. The standard InChI is InChI=1S/C18H24O5/c1-3-6-14-8-9-16(17(11-14)20-2)22-13-18(19)23-12-15-7-4-5-10-21-15/h3,8-9,11,15H,1,4-7,10,12-13H2,2H3. The third-order valence-corrected chi connectivity index (χ3v) is 3.66. The Labute approximate surface area is 137 Å². The highest BCUT2D eigenvalue weighted by Gasteiger charge is 2.16. The Bertz CT molecular complexity index is 520. The lowest BCUT2D eigenvalue weighted by Gasteiger charge is -2.22. The van der Waals surface area contributed by atoms with E-state index in [1.54, 1.807) is 13.2 Å². The summed E-state index contributed by atoms with van der Waals surface area (Å²) in [5.74, 6) is 0.704. The number of methoxy groups -OCH3 is 1. The summed E-state index contributed by atoms with van der Waals surface area (Å²) in [5.41, 5.74) is 1.07. The normalized spacial score (nSPS) is 17.3. The van der Waals surface area contributed by atoms with Gasteiger partial charge in [-0.25, -0.2) is 4.79 Å². The SMILES string of the molecule is C=CCc1ccc(OCC(=O)OCC2CCCCO2)c(OC)c1. The molecule has 1 heterocycles. The Hall–Kier alpha value is -2.01. The van der Waals surface area contributed by atoms with Gasteiger partial charge in [0.1, 0.15) is 6.61 Å². The molecule has 1 atom stereocenters. The van der Waals surface area contributed by atoms with Gasteiger partial charge in [-0.05, 0) is 43.4 Å². The molecule has 0 aromatic heterocycles. The zero-order valence-corrected chi connectivity index (χ0v) is 13.6. The van der Waals surface area contributed by atoms with E-state index in [9.17, 15) is 4.79 Å². The predicted octanol–water partition coefficient (Wildman–Crippen LogP) is 2.91. The van der Waals surface area contributed by atoms with Gasteiger partial charge in [-0.3, -0.25) is 0 Å². The lowest BCUT2D eigenvalue weighted by molar-refractivity contribution is -0.151. The van der Waals surface area contributed by atoms with Crippen molar-refractivity contribution in [1.29, 1.82) is 0 Å². The molecule has 126 valence electrons. The van der Waals surface area contributed by atoms with Crippen LogP contribution in [0.2, 0.25) is 0 Å². The van der Waals surface area contributed by atoms with E-state index in [4.69, 9.17) is 18.9 Å². The first-order chi connectivity index (χ1) is 11.2. The Morgan fingerprint density at radius 1 is 1.39 bits per heavy atom. The van der Waals surface area contributed by atoms with Gasteiger partial charge in [0.15, 0.2) is 18.1 Å². The largest absolute Gasteiger partial charge is 0.493 e. The summed E-state index contributed by atoms with van der Waals surface area (Å²) in [6, 6.07) is 5.58. The quantitative estimate of drug-likeness (QED) is 0.544. The molecule has 2 rings (SSSR count). The molecule has 0 amide bonds. The average Bonchev–Trinajstić information content (AvgIpc) is 2.59. The summed E-state index contributed by atoms with van der Waals surface area (Å²) in [6.45, 7) is 4.59. The van der Waals surface area contributed by atoms with Crippen molar-refractivity contribution in [2.45, 2.75) is 31.8 Å². The van der Waals surface area contributed by atoms with Gasteiger partial charge in [-0.15, -0.1) is 6.58 Å². The maximum atomic E-state index is 11.8. The molecule has 1 fully saturated rings. The van der Waals surface area contributed by atoms with Crippen LogP contribution in [-0.4, -0.2) is 39.0 Å². The molecule has 1 aliphatic rings. The summed E-state index contributed by atoms with van der Waals surface area (Å²) in [5, 5.41) is 0. The number of hydrogen-bond acceptors (Lipinski definition) is 5. The van der Waals surface area contributed by atoms with Crippen LogP contribution >= 0.6 is 0 Å². The topological polar surface area (TPSA) is 54.0 Å². The molecule has 5 heteroatoms. The minimum atomic E-state index is -0.406. The number of ether oxygens (including phenoxy) is 4. The molecule has 0 saturated carbocycles. The fraction of sp³-hybridized carbons (Fsp3) is 0.500. The molecular formula is C18H24O5. The third-order valence-electron chi connectivity index (χ3n) is 3.66. The van der Waals surface area contributed by atoms with Gasteiger partial charge < -0.3 is 18.9 Å². The molecule has 0 spiro atoms. The molecule has 1 saturated heterocycles. The molecule has 0 bridgehead atoms. The van der Waals surface area contributed by atoms with Crippen molar-refractivity contribution < 1.29 is 23.7 Å². The molecule has 1 aromatic rings. The fourth-order valence-corrected chi connectivity index (χ4v) is 2.43. The lowest BCUT2D eigenvalue weighted by atomic mass is 10.1. The molecule has 1 aromatic carbocycles. The number of rotatable bonds is 8. The van der Waals surface area contributed by atoms with Crippen molar-refractivity contribution >= 4 is 5.97 Å². The first-order valence-electron chi connectivity index (χ1n) is 7.90. The molecule has 0 aliphatic carbocycles. The third kappa shape index (κ3) is 5.60. The molecule has 1 aliphatic heterocycles. The molecular weight excluding hydrogens is 296 g/mol. The van der Waals surface area contributed by atoms with Gasteiger partial charge in [0.25, 0.3) is 0 Å². The summed E-state index contributed by atoms with van der Waals surface area (Å²) in [7, 11) is 1.57. The summed E-state index contributed by atoms with van der Waals surface area (Å²) in [6.07, 6.45) is 5.72. The second-order valence-electron chi connectivity index (χ2n) is 5.44. The number of carbonyl (C=O) groups is 1. The Morgan fingerprint density at radius 2 is 2.26 bits per heavy atom. The molecule has 0 N–H and O–H groups in total. The van der Waals surface area contributed by atoms with Crippen molar-refractivity contribution in [2.24, 2.45) is 0 Å². The summed E-state index contributed by atoms with van der Waals surface area (Å²) in [4.78, 5) is 11.8. The Kier molecular flexibility index (Phi) is 6.94. The highest BCUT2D eigenvalue weighted by atomic mass is 16.6. The first-order valence-corrected chi connectivity index (χ1v) is 7.90. The van der Waals surface area contributed by atoms with Crippen LogP contribution < -0.4 is 9.47 Å². The Balaban J connectivity index is 1.79. The highest BCUT2D eigenvalue weighted by Crippen LogP contribution is 2.28. The summed E-state index contributed by atoms with van der Waals surface area (Å²) < 4.78 is 21.5. The van der Waals surface area contributed by atoms with Crippen LogP contribution in [0.15, 0.2) is 30.9 Å². The van der Waals surface area contributed by atoms with Gasteiger partial charge in [0.05, 0.1) is 13.2 Å². The van der Waals surface area contributed by atoms with Crippen LogP contribution in [0.1, 0.15) is 24.8 Å². The van der Waals surface area contributed by atoms with Gasteiger partial charge in [0, 0.05) is 6.61 Å². The number of esters is 1. The number of benzene rings is 1. The van der Waals surface area contributed by atoms with Gasteiger partial charge in [-0.2, -0.15) is 0 Å². The Morgan fingerprint density at radius 3 is 2.96 bits per heavy atom. The van der Waals surface area contributed by atoms with Crippen LogP contribution in [-0.2, 0) is 20.7 Å². The monoisotopic (exact) mass is 320 g/mol. The van der Waals surface area contributed by atoms with Crippen LogP contribution in [0.25, 0.3) is 0 Å². The van der Waals surface area contributed by atoms with E-state index in [0.717, 1.165) is 37.9 Å². The maximum Gasteiger partial charge on any atom is 0.344 e. The average molecular weight is 320 g/mol. The summed E-state index contributed by atoms with van der Waals surface area (Å²) >= 11 is 0. The number of hydrogen-bond donors (Lipinski definition) is 0. The molecule has 23 heavy (non-hydrogen) atoms. The van der Waals surface area contributed by atoms with E-state index in [0.29, 0.717) is 11.5 Å². The lowest BCUT2D eigenvalue weighted by Crippen LogP contribution is -2.27. The number of carbonyl (C=O) groups excluding carboxylic acids is 1. The minimum Gasteiger partial charge on any atom is -0.493 e. The first kappa shape index (κ1) is 17.3. The van der Waals surface area contributed by atoms with Crippen molar-refractivity contribution in [3.8, 4) is 11.5 Å². The van der Waals surface area contributed by atoms with Crippen LogP contribution in [0.5, 0.6) is 11.5 Å². The van der Waals surface area contributed by atoms with Crippen LogP contribution in [0.3, 0.4) is 0 Å². The van der Waals surface area contributed by atoms with Crippen molar-refractivity contribution in [2.75, 3.05) is 26.9 Å². The second kappa shape index (κ2) is 9.20. The zero-order valence-electron chi connectivity index (χ0n) is 13.6. The minimum absolute atomic E-state index is 0.0143. The smallest absolute Gasteiger partial charge is 0.344 e. The van der Waals surface area contributed by atoms with Gasteiger partial charge >= 0.3 is 5.97 Å². The maximum absolute atomic E-state index is 11.8. The molecule has 5 nitrogen and oxygen atoms in total. The van der Waals surface area contributed by atoms with Crippen LogP contribution in [0.4, 0.5) is 0 Å². The van der Waals surface area contributed by atoms with Gasteiger partial charge in [-0.1, -0.05) is 12.1 Å². The van der Waals surface area contributed by atoms with E-state index in [-0.39, 0.29) is 19.3 Å².